The van der Waals surface area contributed by atoms with E-state index in [1.165, 1.54) is 5.56 Å². The topological polar surface area (TPSA) is 37.6 Å². The van der Waals surface area contributed by atoms with Crippen LogP contribution < -0.4 is 5.32 Å². The van der Waals surface area contributed by atoms with E-state index in [4.69, 9.17) is 9.15 Å². The largest absolute Gasteiger partial charge is 0.465 e. The Kier molecular flexibility index (Phi) is 6.07. The van der Waals surface area contributed by atoms with Crippen molar-refractivity contribution in [3.05, 3.63) is 23.2 Å². The molecule has 1 fully saturated rings. The summed E-state index contributed by atoms with van der Waals surface area (Å²) in [4.78, 5) is 2.47. The molecule has 114 valence electrons. The summed E-state index contributed by atoms with van der Waals surface area (Å²) in [6.45, 7) is 12.2. The highest BCUT2D eigenvalue weighted by Gasteiger charge is 2.17. The molecule has 1 N–H and O–H groups in total. The lowest BCUT2D eigenvalue weighted by Crippen LogP contribution is -2.29. The highest BCUT2D eigenvalue weighted by Crippen LogP contribution is 2.18. The molecule has 0 spiro atoms. The molecule has 1 aromatic rings. The van der Waals surface area contributed by atoms with Crippen molar-refractivity contribution in [1.82, 2.24) is 10.2 Å². The van der Waals surface area contributed by atoms with Crippen LogP contribution >= 0.6 is 0 Å². The first-order valence-corrected chi connectivity index (χ1v) is 7.82. The number of hydrogen-bond acceptors (Lipinski definition) is 4. The molecule has 4 nitrogen and oxygen atoms in total. The molecular weight excluding hydrogens is 252 g/mol. The van der Waals surface area contributed by atoms with Gasteiger partial charge in [-0.2, -0.15) is 0 Å². The molecule has 1 unspecified atom stereocenters. The second kappa shape index (κ2) is 7.81. The molecule has 1 atom stereocenters. The fourth-order valence-corrected chi connectivity index (χ4v) is 2.68. The van der Waals surface area contributed by atoms with Gasteiger partial charge >= 0.3 is 0 Å². The monoisotopic (exact) mass is 280 g/mol. The molecule has 0 bridgehead atoms. The summed E-state index contributed by atoms with van der Waals surface area (Å²) in [5.41, 5.74) is 1.31. The molecule has 1 aliphatic rings. The first-order valence-electron chi connectivity index (χ1n) is 7.82. The Morgan fingerprint density at radius 1 is 1.45 bits per heavy atom. The molecule has 1 aliphatic heterocycles. The van der Waals surface area contributed by atoms with Crippen LogP contribution in [0.5, 0.6) is 0 Å². The molecule has 1 aromatic heterocycles. The number of ether oxygens (including phenoxy) is 1. The zero-order valence-electron chi connectivity index (χ0n) is 13.1. The maximum Gasteiger partial charge on any atom is 0.118 e. The van der Waals surface area contributed by atoms with Crippen molar-refractivity contribution in [3.63, 3.8) is 0 Å². The van der Waals surface area contributed by atoms with E-state index in [1.807, 2.05) is 0 Å². The smallest absolute Gasteiger partial charge is 0.118 e. The Morgan fingerprint density at radius 3 is 3.10 bits per heavy atom. The van der Waals surface area contributed by atoms with Gasteiger partial charge in [0.15, 0.2) is 0 Å². The molecule has 0 saturated carbocycles. The molecule has 20 heavy (non-hydrogen) atoms. The van der Waals surface area contributed by atoms with Crippen molar-refractivity contribution in [3.8, 4) is 0 Å². The van der Waals surface area contributed by atoms with Crippen LogP contribution in [0.3, 0.4) is 0 Å². The molecule has 2 rings (SSSR count). The molecule has 4 heteroatoms. The highest BCUT2D eigenvalue weighted by atomic mass is 16.5. The number of hydrogen-bond donors (Lipinski definition) is 1. The highest BCUT2D eigenvalue weighted by molar-refractivity contribution is 5.20. The summed E-state index contributed by atoms with van der Waals surface area (Å²) in [5.74, 6) is 2.10. The predicted molar refractivity (Wildman–Crippen MR) is 80.8 cm³/mol. The molecular formula is C16H28N2O2. The van der Waals surface area contributed by atoms with Gasteiger partial charge in [-0.1, -0.05) is 6.92 Å². The number of nitrogens with one attached hydrogen (secondary N) is 1. The Labute approximate surface area is 122 Å². The first-order chi connectivity index (χ1) is 9.69. The van der Waals surface area contributed by atoms with Gasteiger partial charge in [-0.05, 0) is 39.3 Å². The van der Waals surface area contributed by atoms with Gasteiger partial charge in [0.2, 0.25) is 0 Å². The number of aryl methyl sites for hydroxylation is 1. The second-order valence-corrected chi connectivity index (χ2v) is 5.74. The third-order valence-corrected chi connectivity index (χ3v) is 3.73. The van der Waals surface area contributed by atoms with Gasteiger partial charge in [0, 0.05) is 31.8 Å². The lowest BCUT2D eigenvalue weighted by Gasteiger charge is -2.21. The van der Waals surface area contributed by atoms with Gasteiger partial charge in [0.25, 0.3) is 0 Å². The summed E-state index contributed by atoms with van der Waals surface area (Å²) in [6, 6.07) is 2.20. The molecule has 0 aliphatic carbocycles. The lowest BCUT2D eigenvalue weighted by atomic mass is 10.2. The zero-order chi connectivity index (χ0) is 14.4. The standard InChI is InChI=1S/C16H28N2O2/c1-4-6-17-10-16-9-15(14(3)20-16)12-18-7-5-8-19-13(2)11-18/h9,13,17H,4-8,10-12H2,1-3H3. The van der Waals surface area contributed by atoms with Crippen LogP contribution in [0.25, 0.3) is 0 Å². The van der Waals surface area contributed by atoms with E-state index in [1.54, 1.807) is 0 Å². The van der Waals surface area contributed by atoms with Crippen LogP contribution in [-0.2, 0) is 17.8 Å². The fraction of sp³-hybridized carbons (Fsp3) is 0.750. The average molecular weight is 280 g/mol. The first kappa shape index (κ1) is 15.5. The summed E-state index contributed by atoms with van der Waals surface area (Å²) in [5, 5.41) is 3.39. The third-order valence-electron chi connectivity index (χ3n) is 3.73. The molecule has 1 saturated heterocycles. The van der Waals surface area contributed by atoms with Crippen LogP contribution in [0.4, 0.5) is 0 Å². The van der Waals surface area contributed by atoms with E-state index in [-0.39, 0.29) is 0 Å². The van der Waals surface area contributed by atoms with Crippen LogP contribution in [0.2, 0.25) is 0 Å². The maximum absolute atomic E-state index is 5.84. The van der Waals surface area contributed by atoms with Gasteiger partial charge in [-0.3, -0.25) is 4.90 Å². The van der Waals surface area contributed by atoms with E-state index in [9.17, 15) is 0 Å². The van der Waals surface area contributed by atoms with Crippen LogP contribution in [0.15, 0.2) is 10.5 Å². The Bertz CT molecular complexity index is 403. The van der Waals surface area contributed by atoms with Crippen molar-refractivity contribution in [2.45, 2.75) is 52.8 Å². The van der Waals surface area contributed by atoms with Crippen molar-refractivity contribution in [1.29, 1.82) is 0 Å². The van der Waals surface area contributed by atoms with Crippen LogP contribution in [0, 0.1) is 6.92 Å². The van der Waals surface area contributed by atoms with Crippen molar-refractivity contribution >= 4 is 0 Å². The minimum atomic E-state index is 0.329. The van der Waals surface area contributed by atoms with Gasteiger partial charge in [0.1, 0.15) is 11.5 Å². The average Bonchev–Trinajstić information content (AvgIpc) is 2.62. The Hall–Kier alpha value is -0.840. The van der Waals surface area contributed by atoms with E-state index >= 15 is 0 Å². The SMILES string of the molecule is CCCNCc1cc(CN2CCCOC(C)C2)c(C)o1. The molecule has 0 aromatic carbocycles. The van der Waals surface area contributed by atoms with E-state index in [2.05, 4.69) is 37.1 Å². The Morgan fingerprint density at radius 2 is 2.30 bits per heavy atom. The normalized spacial score (nSPS) is 21.1. The summed E-state index contributed by atoms with van der Waals surface area (Å²) >= 11 is 0. The van der Waals surface area contributed by atoms with Crippen LogP contribution in [0.1, 0.15) is 43.8 Å². The molecule has 0 radical (unpaired) electrons. The number of furan rings is 1. The van der Waals surface area contributed by atoms with Gasteiger partial charge in [-0.15, -0.1) is 0 Å². The predicted octanol–water partition coefficient (Wildman–Crippen LogP) is 2.70. The second-order valence-electron chi connectivity index (χ2n) is 5.74. The van der Waals surface area contributed by atoms with Crippen molar-refractivity contribution in [2.24, 2.45) is 0 Å². The summed E-state index contributed by atoms with van der Waals surface area (Å²) in [6.07, 6.45) is 2.60. The molecule has 2 heterocycles. The van der Waals surface area contributed by atoms with Gasteiger partial charge in [0.05, 0.1) is 12.6 Å². The third kappa shape index (κ3) is 4.62. The fourth-order valence-electron chi connectivity index (χ4n) is 2.68. The van der Waals surface area contributed by atoms with E-state index < -0.39 is 0 Å². The quantitative estimate of drug-likeness (QED) is 0.813. The Balaban J connectivity index is 1.91. The minimum Gasteiger partial charge on any atom is -0.465 e. The van der Waals surface area contributed by atoms with Crippen LogP contribution in [-0.4, -0.2) is 37.2 Å². The summed E-state index contributed by atoms with van der Waals surface area (Å²) in [7, 11) is 0. The maximum atomic E-state index is 5.84. The minimum absolute atomic E-state index is 0.329. The molecule has 0 amide bonds. The van der Waals surface area contributed by atoms with Gasteiger partial charge < -0.3 is 14.5 Å². The van der Waals surface area contributed by atoms with E-state index in [0.717, 1.165) is 63.7 Å². The lowest BCUT2D eigenvalue weighted by molar-refractivity contribution is 0.0667. The number of rotatable bonds is 6. The van der Waals surface area contributed by atoms with Gasteiger partial charge in [-0.25, -0.2) is 0 Å². The van der Waals surface area contributed by atoms with Crippen molar-refractivity contribution in [2.75, 3.05) is 26.2 Å². The van der Waals surface area contributed by atoms with E-state index in [0.29, 0.717) is 6.10 Å². The zero-order valence-corrected chi connectivity index (χ0v) is 13.1. The van der Waals surface area contributed by atoms with Crippen molar-refractivity contribution < 1.29 is 9.15 Å². The summed E-state index contributed by atoms with van der Waals surface area (Å²) < 4.78 is 11.5. The number of nitrogens with zero attached hydrogens (tertiary/aromatic N) is 1.